The van der Waals surface area contributed by atoms with Gasteiger partial charge < -0.3 is 20.3 Å². The van der Waals surface area contributed by atoms with E-state index in [2.05, 4.69) is 10.6 Å². The summed E-state index contributed by atoms with van der Waals surface area (Å²) in [6.45, 7) is 3.31. The smallest absolute Gasteiger partial charge is 0.292 e. The van der Waals surface area contributed by atoms with Crippen LogP contribution in [0.5, 0.6) is 0 Å². The molecule has 1 heterocycles. The van der Waals surface area contributed by atoms with Crippen LogP contribution in [0.3, 0.4) is 0 Å². The molecule has 0 saturated heterocycles. The minimum Gasteiger partial charge on any atom is -0.394 e. The van der Waals surface area contributed by atoms with Crippen LogP contribution >= 0.6 is 0 Å². The molecule has 0 aliphatic carbocycles. The summed E-state index contributed by atoms with van der Waals surface area (Å²) in [5.74, 6) is -2.95. The van der Waals surface area contributed by atoms with Gasteiger partial charge in [0.05, 0.1) is 18.2 Å². The first-order valence-corrected chi connectivity index (χ1v) is 9.86. The minimum atomic E-state index is -0.854. The molecule has 9 heteroatoms. The number of carbonyl (C=O) groups excluding carboxylic acids is 3. The Labute approximate surface area is 179 Å². The summed E-state index contributed by atoms with van der Waals surface area (Å²) in [6, 6.07) is 6.07. The van der Waals surface area contributed by atoms with E-state index in [9.17, 15) is 23.9 Å². The van der Waals surface area contributed by atoms with Gasteiger partial charge in [0.1, 0.15) is 17.6 Å². The van der Waals surface area contributed by atoms with E-state index in [4.69, 9.17) is 5.26 Å². The van der Waals surface area contributed by atoms with Gasteiger partial charge in [-0.3, -0.25) is 14.4 Å². The first-order chi connectivity index (χ1) is 14.7. The molecular weight excluding hydrogens is 403 g/mol. The van der Waals surface area contributed by atoms with Gasteiger partial charge in [-0.25, -0.2) is 4.39 Å². The summed E-state index contributed by atoms with van der Waals surface area (Å²) in [5.41, 5.74) is 0.593. The number of amides is 2. The van der Waals surface area contributed by atoms with Gasteiger partial charge in [0.15, 0.2) is 0 Å². The number of halogens is 1. The Morgan fingerprint density at radius 1 is 1.29 bits per heavy atom. The molecule has 1 aromatic carbocycles. The Morgan fingerprint density at radius 2 is 2.00 bits per heavy atom. The number of rotatable bonds is 9. The summed E-state index contributed by atoms with van der Waals surface area (Å²) in [4.78, 5) is 37.7. The average Bonchev–Trinajstić information content (AvgIpc) is 3.06. The van der Waals surface area contributed by atoms with Crippen molar-refractivity contribution >= 4 is 23.3 Å². The lowest BCUT2D eigenvalue weighted by atomic mass is 10.1. The van der Waals surface area contributed by atoms with E-state index in [1.54, 1.807) is 20.0 Å². The first kappa shape index (κ1) is 23.8. The van der Waals surface area contributed by atoms with Crippen molar-refractivity contribution in [2.75, 3.05) is 11.9 Å². The van der Waals surface area contributed by atoms with Crippen LogP contribution in [0.25, 0.3) is 0 Å². The van der Waals surface area contributed by atoms with Crippen molar-refractivity contribution < 1.29 is 23.9 Å². The molecule has 2 aromatic rings. The summed E-state index contributed by atoms with van der Waals surface area (Å²) in [6.07, 6.45) is 2.24. The second kappa shape index (κ2) is 10.5. The maximum absolute atomic E-state index is 13.5. The molecule has 31 heavy (non-hydrogen) atoms. The monoisotopic (exact) mass is 428 g/mol. The first-order valence-electron chi connectivity index (χ1n) is 9.86. The molecule has 0 aliphatic heterocycles. The summed E-state index contributed by atoms with van der Waals surface area (Å²) in [7, 11) is 1.57. The number of hydrogen-bond donors (Lipinski definition) is 3. The van der Waals surface area contributed by atoms with Gasteiger partial charge in [0, 0.05) is 24.0 Å². The van der Waals surface area contributed by atoms with Gasteiger partial charge in [0.25, 0.3) is 17.6 Å². The Bertz CT molecular complexity index is 1040. The highest BCUT2D eigenvalue weighted by Gasteiger charge is 2.26. The van der Waals surface area contributed by atoms with Gasteiger partial charge in [-0.1, -0.05) is 19.8 Å². The molecule has 0 unspecified atom stereocenters. The molecule has 164 valence electrons. The Morgan fingerprint density at radius 3 is 2.61 bits per heavy atom. The number of nitriles is 1. The number of aliphatic hydroxyl groups excluding tert-OH is 1. The molecule has 0 fully saturated rings. The maximum Gasteiger partial charge on any atom is 0.292 e. The van der Waals surface area contributed by atoms with Gasteiger partial charge in [0.2, 0.25) is 0 Å². The summed E-state index contributed by atoms with van der Waals surface area (Å²) >= 11 is 0. The highest BCUT2D eigenvalue weighted by molar-refractivity contribution is 6.43. The lowest BCUT2D eigenvalue weighted by molar-refractivity contribution is -0.118. The van der Waals surface area contributed by atoms with Crippen LogP contribution in [0, 0.1) is 24.1 Å². The predicted octanol–water partition coefficient (Wildman–Crippen LogP) is 2.45. The molecule has 2 rings (SSSR count). The van der Waals surface area contributed by atoms with Crippen molar-refractivity contribution in [2.45, 2.75) is 39.2 Å². The van der Waals surface area contributed by atoms with Crippen LogP contribution in [0.4, 0.5) is 10.1 Å². The van der Waals surface area contributed by atoms with Crippen molar-refractivity contribution in [2.24, 2.45) is 7.05 Å². The fourth-order valence-corrected chi connectivity index (χ4v) is 3.06. The zero-order valence-electron chi connectivity index (χ0n) is 17.7. The quantitative estimate of drug-likeness (QED) is 0.418. The van der Waals surface area contributed by atoms with E-state index in [1.165, 1.54) is 22.8 Å². The molecule has 0 radical (unpaired) electrons. The number of nitrogens with one attached hydrogen (secondary N) is 2. The van der Waals surface area contributed by atoms with Gasteiger partial charge in [-0.2, -0.15) is 5.26 Å². The molecule has 0 aliphatic rings. The highest BCUT2D eigenvalue weighted by Crippen LogP contribution is 2.19. The number of hydrogen-bond acceptors (Lipinski definition) is 5. The van der Waals surface area contributed by atoms with Crippen molar-refractivity contribution in [3.05, 3.63) is 52.6 Å². The van der Waals surface area contributed by atoms with E-state index >= 15 is 0 Å². The maximum atomic E-state index is 13.5. The van der Waals surface area contributed by atoms with E-state index in [0.29, 0.717) is 12.1 Å². The number of nitrogens with zero attached hydrogens (tertiary/aromatic N) is 2. The van der Waals surface area contributed by atoms with Gasteiger partial charge in [-0.15, -0.1) is 0 Å². The molecule has 1 atom stereocenters. The number of aliphatic hydroxyl groups is 1. The van der Waals surface area contributed by atoms with E-state index in [-0.39, 0.29) is 29.1 Å². The second-order valence-corrected chi connectivity index (χ2v) is 7.17. The topological polar surface area (TPSA) is 124 Å². The van der Waals surface area contributed by atoms with Crippen molar-refractivity contribution in [3.8, 4) is 6.07 Å². The van der Waals surface area contributed by atoms with E-state index < -0.39 is 29.5 Å². The SMILES string of the molecule is CCCC[C@@H](CO)NC(=O)C(=O)c1cc(C(=O)Nc2ccc(F)c(C#N)c2)n(C)c1C. The van der Waals surface area contributed by atoms with Crippen LogP contribution in [0.15, 0.2) is 24.3 Å². The Hall–Kier alpha value is -3.51. The normalized spacial score (nSPS) is 11.5. The van der Waals surface area contributed by atoms with Crippen LogP contribution in [0.1, 0.15) is 58.3 Å². The van der Waals surface area contributed by atoms with Gasteiger partial charge >= 0.3 is 0 Å². The van der Waals surface area contributed by atoms with Crippen LogP contribution in [0.2, 0.25) is 0 Å². The van der Waals surface area contributed by atoms with Crippen LogP contribution < -0.4 is 10.6 Å². The second-order valence-electron chi connectivity index (χ2n) is 7.17. The molecule has 3 N–H and O–H groups in total. The molecule has 0 bridgehead atoms. The lowest BCUT2D eigenvalue weighted by Crippen LogP contribution is -2.41. The minimum absolute atomic E-state index is 0.0640. The standard InChI is InChI=1S/C22H25FN4O4/c1-4-5-6-16(12-28)26-22(31)20(29)17-10-19(27(3)13(17)2)21(30)25-15-7-8-18(23)14(9-15)11-24/h7-10,16,28H,4-6,12H2,1-3H3,(H,25,30)(H,26,31)/t16-/m0/s1. The zero-order valence-corrected chi connectivity index (χ0v) is 17.7. The largest absolute Gasteiger partial charge is 0.394 e. The third-order valence-corrected chi connectivity index (χ3v) is 5.03. The van der Waals surface area contributed by atoms with E-state index in [0.717, 1.165) is 18.9 Å². The number of aromatic nitrogens is 1. The third kappa shape index (κ3) is 5.55. The fourth-order valence-electron chi connectivity index (χ4n) is 3.06. The van der Waals surface area contributed by atoms with Crippen molar-refractivity contribution in [1.82, 2.24) is 9.88 Å². The van der Waals surface area contributed by atoms with Crippen LogP contribution in [-0.4, -0.2) is 39.9 Å². The predicted molar refractivity (Wildman–Crippen MR) is 112 cm³/mol. The zero-order chi connectivity index (χ0) is 23.1. The van der Waals surface area contributed by atoms with Crippen molar-refractivity contribution in [3.63, 3.8) is 0 Å². The number of benzene rings is 1. The molecule has 0 spiro atoms. The number of unbranched alkanes of at least 4 members (excludes halogenated alkanes) is 1. The summed E-state index contributed by atoms with van der Waals surface area (Å²) < 4.78 is 14.9. The fraction of sp³-hybridized carbons (Fsp3) is 0.364. The Kier molecular flexibility index (Phi) is 8.05. The average molecular weight is 428 g/mol. The molecule has 2 amide bonds. The number of Topliss-reactive ketones (excluding diaryl/α,β-unsaturated/α-hetero) is 1. The van der Waals surface area contributed by atoms with Crippen LogP contribution in [-0.2, 0) is 11.8 Å². The molecule has 0 saturated carbocycles. The number of ketones is 1. The van der Waals surface area contributed by atoms with Gasteiger partial charge in [-0.05, 0) is 37.6 Å². The highest BCUT2D eigenvalue weighted by atomic mass is 19.1. The van der Waals surface area contributed by atoms with Crippen molar-refractivity contribution in [1.29, 1.82) is 5.26 Å². The third-order valence-electron chi connectivity index (χ3n) is 5.03. The number of anilines is 1. The lowest BCUT2D eigenvalue weighted by Gasteiger charge is -2.15. The van der Waals surface area contributed by atoms with E-state index in [1.807, 2.05) is 6.92 Å². The molecule has 8 nitrogen and oxygen atoms in total. The Balaban J connectivity index is 2.20. The number of carbonyl (C=O) groups is 3. The molecular formula is C22H25FN4O4. The molecule has 1 aromatic heterocycles. The summed E-state index contributed by atoms with van der Waals surface area (Å²) in [5, 5.41) is 23.4.